The monoisotopic (exact) mass is 528 g/mol. The van der Waals surface area contributed by atoms with Gasteiger partial charge in [0, 0.05) is 6.08 Å². The van der Waals surface area contributed by atoms with Gasteiger partial charge >= 0.3 is 5.97 Å². The highest BCUT2D eigenvalue weighted by Gasteiger charge is 2.51. The molecule has 6 heteroatoms. The van der Waals surface area contributed by atoms with E-state index in [1.54, 1.807) is 6.08 Å². The summed E-state index contributed by atoms with van der Waals surface area (Å²) in [5.74, 6) is 1.77. The molecular formula is C29H40O3S2Si. The third kappa shape index (κ3) is 8.42. The normalized spacial score (nSPS) is 13.6. The van der Waals surface area contributed by atoms with Crippen molar-refractivity contribution in [2.45, 2.75) is 56.8 Å². The molecule has 0 saturated carbocycles. The first-order chi connectivity index (χ1) is 16.8. The van der Waals surface area contributed by atoms with E-state index >= 15 is 0 Å². The second-order valence-corrected chi connectivity index (χ2v) is 16.7. The minimum absolute atomic E-state index is 0.102. The summed E-state index contributed by atoms with van der Waals surface area (Å²) < 4.78 is 12.6. The summed E-state index contributed by atoms with van der Waals surface area (Å²) in [5, 5.41) is 2.43. The second kappa shape index (κ2) is 14.7. The molecule has 0 spiro atoms. The van der Waals surface area contributed by atoms with Crippen molar-refractivity contribution in [2.75, 3.05) is 18.6 Å². The van der Waals surface area contributed by atoms with Crippen LogP contribution in [0.2, 0.25) is 5.04 Å². The third-order valence-electron chi connectivity index (χ3n) is 5.75. The Kier molecular flexibility index (Phi) is 12.4. The van der Waals surface area contributed by atoms with Gasteiger partial charge in [-0.25, -0.2) is 4.79 Å². The fraction of sp³-hybridized carbons (Fsp3) is 0.414. The number of carbonyl (C=O) groups is 1. The molecule has 0 amide bonds. The topological polar surface area (TPSA) is 35.5 Å². The Balaban J connectivity index is 2.60. The number of methoxy groups -OCH3 is 1. The molecule has 0 radical (unpaired) electrons. The number of carbonyl (C=O) groups excluding carboxylic acids is 1. The Bertz CT molecular complexity index is 894. The van der Waals surface area contributed by atoms with E-state index in [0.717, 1.165) is 17.9 Å². The number of allylic oxidation sites excluding steroid dienone is 2. The fourth-order valence-electron chi connectivity index (χ4n) is 4.22. The summed E-state index contributed by atoms with van der Waals surface area (Å²) in [7, 11) is -1.31. The van der Waals surface area contributed by atoms with Crippen molar-refractivity contribution in [1.29, 1.82) is 0 Å². The fourth-order valence-corrected chi connectivity index (χ4v) is 11.5. The van der Waals surface area contributed by atoms with Crippen LogP contribution in [0.4, 0.5) is 0 Å². The van der Waals surface area contributed by atoms with Crippen LogP contribution >= 0.6 is 23.5 Å². The number of hydrogen-bond donors (Lipinski definition) is 0. The molecule has 35 heavy (non-hydrogen) atoms. The molecule has 0 heterocycles. The van der Waals surface area contributed by atoms with E-state index in [0.29, 0.717) is 4.58 Å². The quantitative estimate of drug-likeness (QED) is 0.0983. The first-order valence-corrected chi connectivity index (χ1v) is 16.2. The molecule has 0 unspecified atom stereocenters. The zero-order chi connectivity index (χ0) is 25.7. The van der Waals surface area contributed by atoms with Crippen LogP contribution in [0.1, 0.15) is 41.0 Å². The zero-order valence-electron chi connectivity index (χ0n) is 21.9. The molecule has 0 aliphatic carbocycles. The van der Waals surface area contributed by atoms with E-state index < -0.39 is 8.32 Å². The Hall–Kier alpha value is -1.73. The predicted octanol–water partition coefficient (Wildman–Crippen LogP) is 6.44. The minimum atomic E-state index is -2.70. The van der Waals surface area contributed by atoms with Gasteiger partial charge in [-0.15, -0.1) is 23.5 Å². The smallest absolute Gasteiger partial charge is 0.330 e. The van der Waals surface area contributed by atoms with Gasteiger partial charge in [-0.1, -0.05) is 114 Å². The van der Waals surface area contributed by atoms with Crippen molar-refractivity contribution in [3.05, 3.63) is 85.0 Å². The maximum Gasteiger partial charge on any atom is 0.330 e. The standard InChI is InChI=1S/C29H40O3S2Si/c1-7-33-28(34-8-2)23-24(17-15-16-22-27(30)31-6)32-35(29(3,4)5,25-18-11-9-12-19-25)26-20-13-10-14-21-26/h9-22,24,28H,7-8,23H2,1-6H3/b17-15-,22-16+/t24-/m0/s1. The highest BCUT2D eigenvalue weighted by Crippen LogP contribution is 2.39. The van der Waals surface area contributed by atoms with Crippen LogP contribution in [0, 0.1) is 0 Å². The summed E-state index contributed by atoms with van der Waals surface area (Å²) in [6.07, 6.45) is 8.00. The van der Waals surface area contributed by atoms with Gasteiger partial charge in [0.05, 0.1) is 17.8 Å². The average molecular weight is 529 g/mol. The van der Waals surface area contributed by atoms with Crippen molar-refractivity contribution in [2.24, 2.45) is 0 Å². The molecular weight excluding hydrogens is 489 g/mol. The van der Waals surface area contributed by atoms with Gasteiger partial charge in [0.2, 0.25) is 0 Å². The van der Waals surface area contributed by atoms with Gasteiger partial charge in [-0.3, -0.25) is 0 Å². The molecule has 0 N–H and O–H groups in total. The number of esters is 1. The van der Waals surface area contributed by atoms with Crippen molar-refractivity contribution in [3.8, 4) is 0 Å². The molecule has 0 aliphatic heterocycles. The van der Waals surface area contributed by atoms with Gasteiger partial charge in [0.1, 0.15) is 0 Å². The van der Waals surface area contributed by atoms with E-state index in [1.807, 2.05) is 29.6 Å². The van der Waals surface area contributed by atoms with Crippen LogP contribution < -0.4 is 10.4 Å². The molecule has 190 valence electrons. The van der Waals surface area contributed by atoms with Crippen LogP contribution in [0.15, 0.2) is 85.0 Å². The Labute approximate surface area is 221 Å². The lowest BCUT2D eigenvalue weighted by atomic mass is 10.2. The first kappa shape index (κ1) is 29.5. The van der Waals surface area contributed by atoms with Crippen LogP contribution in [-0.4, -0.2) is 43.6 Å². The molecule has 2 aromatic rings. The van der Waals surface area contributed by atoms with E-state index in [4.69, 9.17) is 9.16 Å². The molecule has 0 bridgehead atoms. The molecule has 0 aromatic heterocycles. The Morgan fingerprint density at radius 3 is 1.86 bits per heavy atom. The molecule has 0 aliphatic rings. The van der Waals surface area contributed by atoms with Gasteiger partial charge < -0.3 is 9.16 Å². The van der Waals surface area contributed by atoms with Crippen molar-refractivity contribution in [1.82, 2.24) is 0 Å². The van der Waals surface area contributed by atoms with Crippen molar-refractivity contribution < 1.29 is 14.0 Å². The predicted molar refractivity (Wildman–Crippen MR) is 157 cm³/mol. The minimum Gasteiger partial charge on any atom is -0.466 e. The highest BCUT2D eigenvalue weighted by molar-refractivity contribution is 8.16. The van der Waals surface area contributed by atoms with E-state index in [2.05, 4.69) is 101 Å². The van der Waals surface area contributed by atoms with Crippen LogP contribution in [-0.2, 0) is 14.0 Å². The molecule has 0 fully saturated rings. The maximum atomic E-state index is 11.6. The lowest BCUT2D eigenvalue weighted by Gasteiger charge is -2.45. The Morgan fingerprint density at radius 2 is 1.43 bits per heavy atom. The lowest BCUT2D eigenvalue weighted by Crippen LogP contribution is -2.67. The van der Waals surface area contributed by atoms with Crippen LogP contribution in [0.25, 0.3) is 0 Å². The molecule has 3 nitrogen and oxygen atoms in total. The number of benzene rings is 2. The average Bonchev–Trinajstić information content (AvgIpc) is 2.85. The molecule has 2 aromatic carbocycles. The summed E-state index contributed by atoms with van der Waals surface area (Å²) in [6.45, 7) is 11.3. The Morgan fingerprint density at radius 1 is 0.914 bits per heavy atom. The number of ether oxygens (including phenoxy) is 1. The van der Waals surface area contributed by atoms with Crippen molar-refractivity contribution >= 4 is 48.2 Å². The number of hydrogen-bond acceptors (Lipinski definition) is 5. The zero-order valence-corrected chi connectivity index (χ0v) is 24.5. The first-order valence-electron chi connectivity index (χ1n) is 12.2. The second-order valence-electron chi connectivity index (χ2n) is 9.16. The van der Waals surface area contributed by atoms with Crippen LogP contribution in [0.5, 0.6) is 0 Å². The highest BCUT2D eigenvalue weighted by atomic mass is 32.2. The third-order valence-corrected chi connectivity index (χ3v) is 13.4. The van der Waals surface area contributed by atoms with E-state index in [1.165, 1.54) is 23.6 Å². The number of thioether (sulfide) groups is 2. The SMILES string of the molecule is CCSC(C[C@H](/C=C\C=C\C(=O)OC)O[Si](c1ccccc1)(c1ccccc1)C(C)(C)C)SCC. The van der Waals surface area contributed by atoms with Crippen molar-refractivity contribution in [3.63, 3.8) is 0 Å². The number of rotatable bonds is 13. The lowest BCUT2D eigenvalue weighted by molar-refractivity contribution is -0.134. The summed E-state index contributed by atoms with van der Waals surface area (Å²) in [4.78, 5) is 11.6. The largest absolute Gasteiger partial charge is 0.466 e. The maximum absolute atomic E-state index is 11.6. The van der Waals surface area contributed by atoms with Gasteiger partial charge in [0.25, 0.3) is 8.32 Å². The molecule has 0 saturated heterocycles. The summed E-state index contributed by atoms with van der Waals surface area (Å²) in [5.41, 5.74) is 0. The molecule has 2 rings (SSSR count). The van der Waals surface area contributed by atoms with Gasteiger partial charge in [0.15, 0.2) is 0 Å². The summed E-state index contributed by atoms with van der Waals surface area (Å²) in [6, 6.07) is 21.5. The molecule has 1 atom stereocenters. The van der Waals surface area contributed by atoms with Gasteiger partial charge in [-0.2, -0.15) is 0 Å². The van der Waals surface area contributed by atoms with E-state index in [9.17, 15) is 4.79 Å². The van der Waals surface area contributed by atoms with E-state index in [-0.39, 0.29) is 17.1 Å². The summed E-state index contributed by atoms with van der Waals surface area (Å²) >= 11 is 3.95. The van der Waals surface area contributed by atoms with Crippen LogP contribution in [0.3, 0.4) is 0 Å². The van der Waals surface area contributed by atoms with Gasteiger partial charge in [-0.05, 0) is 33.3 Å².